The van der Waals surface area contributed by atoms with E-state index in [1.165, 1.54) is 18.6 Å². The van der Waals surface area contributed by atoms with Crippen molar-refractivity contribution in [1.29, 1.82) is 0 Å². The number of halogens is 6. The first kappa shape index (κ1) is 27.8. The fraction of sp³-hybridized carbons (Fsp3) is 0.429. The Balaban J connectivity index is 3.17. The van der Waals surface area contributed by atoms with Crippen molar-refractivity contribution in [3.63, 3.8) is 0 Å². The van der Waals surface area contributed by atoms with E-state index in [2.05, 4.69) is 10.6 Å². The summed E-state index contributed by atoms with van der Waals surface area (Å²) < 4.78 is 66.1. The molecule has 0 aromatic heterocycles. The van der Waals surface area contributed by atoms with Crippen LogP contribution in [-0.4, -0.2) is 50.3 Å². The second-order valence-corrected chi connectivity index (χ2v) is 10.5. The maximum atomic E-state index is 12.6. The highest BCUT2D eigenvalue weighted by Crippen LogP contribution is 2.39. The number of anilines is 2. The van der Waals surface area contributed by atoms with E-state index >= 15 is 0 Å². The van der Waals surface area contributed by atoms with E-state index in [9.17, 15) is 36.3 Å². The SMILES string of the molecule is CC(=O)Nc1c(I)c(NC(C)O)c(I)c(C(=O)OCCNS(=O)(=O)C(F)(F)F)c1I. The smallest absolute Gasteiger partial charge is 0.461 e. The van der Waals surface area contributed by atoms with Gasteiger partial charge >= 0.3 is 21.5 Å². The zero-order valence-electron chi connectivity index (χ0n) is 15.2. The van der Waals surface area contributed by atoms with Crippen molar-refractivity contribution in [2.24, 2.45) is 0 Å². The lowest BCUT2D eigenvalue weighted by Gasteiger charge is -2.21. The minimum Gasteiger partial charge on any atom is -0.461 e. The summed E-state index contributed by atoms with van der Waals surface area (Å²) in [7, 11) is -5.55. The molecule has 0 aliphatic heterocycles. The molecule has 30 heavy (non-hydrogen) atoms. The molecule has 0 bridgehead atoms. The van der Waals surface area contributed by atoms with E-state index in [1.54, 1.807) is 22.6 Å². The number of carbonyl (C=O) groups excluding carboxylic acids is 2. The molecule has 1 amide bonds. The molecular weight excluding hydrogens is 776 g/mol. The summed E-state index contributed by atoms with van der Waals surface area (Å²) in [6, 6.07) is 0. The zero-order chi connectivity index (χ0) is 23.4. The minimum absolute atomic E-state index is 0.0119. The highest BCUT2D eigenvalue weighted by molar-refractivity contribution is 14.1. The van der Waals surface area contributed by atoms with Crippen molar-refractivity contribution in [3.8, 4) is 0 Å². The Kier molecular flexibility index (Phi) is 10.3. The van der Waals surface area contributed by atoms with E-state index < -0.39 is 46.8 Å². The van der Waals surface area contributed by atoms with Crippen LogP contribution in [0.5, 0.6) is 0 Å². The number of ether oxygens (including phenoxy) is 1. The molecule has 0 fully saturated rings. The molecule has 170 valence electrons. The minimum atomic E-state index is -5.55. The lowest BCUT2D eigenvalue weighted by molar-refractivity contribution is -0.114. The number of carbonyl (C=O) groups is 2. The van der Waals surface area contributed by atoms with Crippen molar-refractivity contribution in [2.45, 2.75) is 25.6 Å². The van der Waals surface area contributed by atoms with Gasteiger partial charge in [-0.1, -0.05) is 0 Å². The summed E-state index contributed by atoms with van der Waals surface area (Å²) in [5.74, 6) is -1.37. The Morgan fingerprint density at radius 3 is 2.13 bits per heavy atom. The summed E-state index contributed by atoms with van der Waals surface area (Å²) in [6.45, 7) is 1.24. The molecule has 0 aliphatic rings. The van der Waals surface area contributed by atoms with Crippen molar-refractivity contribution in [3.05, 3.63) is 16.3 Å². The number of hydrogen-bond acceptors (Lipinski definition) is 7. The van der Waals surface area contributed by atoms with Gasteiger partial charge in [-0.2, -0.15) is 13.2 Å². The third-order valence-corrected chi connectivity index (χ3v) is 7.54. The molecule has 4 N–H and O–H groups in total. The third-order valence-electron chi connectivity index (χ3n) is 3.11. The van der Waals surface area contributed by atoms with E-state index in [1.807, 2.05) is 45.2 Å². The second-order valence-electron chi connectivity index (χ2n) is 5.55. The van der Waals surface area contributed by atoms with E-state index in [0.717, 1.165) is 0 Å². The molecule has 1 rings (SSSR count). The Hall–Kier alpha value is -0.190. The van der Waals surface area contributed by atoms with Crippen LogP contribution < -0.4 is 15.4 Å². The average molecular weight is 791 g/mol. The third kappa shape index (κ3) is 7.17. The lowest BCUT2D eigenvalue weighted by Crippen LogP contribution is -2.38. The monoisotopic (exact) mass is 791 g/mol. The molecule has 1 aromatic rings. The maximum absolute atomic E-state index is 12.6. The van der Waals surface area contributed by atoms with Gasteiger partial charge in [0.05, 0.1) is 27.6 Å². The number of nitrogens with one attached hydrogen (secondary N) is 3. The van der Waals surface area contributed by atoms with E-state index in [0.29, 0.717) is 16.4 Å². The summed E-state index contributed by atoms with van der Waals surface area (Å²) in [5, 5.41) is 15.0. The van der Waals surface area contributed by atoms with Crippen LogP contribution >= 0.6 is 67.8 Å². The Morgan fingerprint density at radius 2 is 1.67 bits per heavy atom. The fourth-order valence-corrected chi connectivity index (χ4v) is 6.64. The van der Waals surface area contributed by atoms with Crippen LogP contribution in [0.1, 0.15) is 24.2 Å². The molecule has 1 atom stereocenters. The quantitative estimate of drug-likeness (QED) is 0.138. The molecule has 0 saturated carbocycles. The van der Waals surface area contributed by atoms with Gasteiger partial charge in [-0.15, -0.1) is 0 Å². The van der Waals surface area contributed by atoms with Crippen LogP contribution in [0, 0.1) is 10.7 Å². The Morgan fingerprint density at radius 1 is 1.13 bits per heavy atom. The number of alkyl halides is 3. The zero-order valence-corrected chi connectivity index (χ0v) is 22.4. The predicted octanol–water partition coefficient (Wildman–Crippen LogP) is 2.81. The number of benzene rings is 1. The highest BCUT2D eigenvalue weighted by atomic mass is 127. The van der Waals surface area contributed by atoms with E-state index in [4.69, 9.17) is 4.74 Å². The molecule has 0 spiro atoms. The Labute approximate surface area is 210 Å². The molecule has 0 aliphatic carbocycles. The number of hydrogen-bond donors (Lipinski definition) is 4. The van der Waals surface area contributed by atoms with Crippen LogP contribution in [0.4, 0.5) is 24.5 Å². The van der Waals surface area contributed by atoms with Gasteiger partial charge in [-0.3, -0.25) is 4.79 Å². The fourth-order valence-electron chi connectivity index (χ4n) is 1.94. The number of esters is 1. The largest absolute Gasteiger partial charge is 0.511 e. The molecule has 1 unspecified atom stereocenters. The van der Waals surface area contributed by atoms with Crippen molar-refractivity contribution in [1.82, 2.24) is 4.72 Å². The predicted molar refractivity (Wildman–Crippen MR) is 127 cm³/mol. The van der Waals surface area contributed by atoms with Gasteiger partial charge in [-0.05, 0) is 74.7 Å². The molecule has 0 heterocycles. The van der Waals surface area contributed by atoms with Crippen LogP contribution in [0.3, 0.4) is 0 Å². The average Bonchev–Trinajstić information content (AvgIpc) is 2.58. The topological polar surface area (TPSA) is 134 Å². The first-order valence-electron chi connectivity index (χ1n) is 7.75. The van der Waals surface area contributed by atoms with Crippen LogP contribution in [0.15, 0.2) is 0 Å². The van der Waals surface area contributed by atoms with E-state index in [-0.39, 0.29) is 11.3 Å². The molecule has 0 radical (unpaired) electrons. The van der Waals surface area contributed by atoms with Gasteiger partial charge in [0.1, 0.15) is 12.8 Å². The summed E-state index contributed by atoms with van der Waals surface area (Å²) in [6.07, 6.45) is -1.00. The van der Waals surface area contributed by atoms with Gasteiger partial charge < -0.3 is 20.5 Å². The summed E-state index contributed by atoms with van der Waals surface area (Å²) >= 11 is 5.53. The molecule has 16 heteroatoms. The number of aliphatic hydroxyl groups is 1. The number of sulfonamides is 1. The normalized spacial score (nSPS) is 13.0. The van der Waals surface area contributed by atoms with Gasteiger partial charge in [0.25, 0.3) is 0 Å². The van der Waals surface area contributed by atoms with Crippen LogP contribution in [-0.2, 0) is 19.6 Å². The summed E-state index contributed by atoms with van der Waals surface area (Å²) in [5.41, 5.74) is -4.88. The lowest BCUT2D eigenvalue weighted by atomic mass is 10.1. The standard InChI is InChI=1S/C14H15F3I3N3O6S/c1-5(24)22-11-8(18)7(9(19)12(10(11)20)23-6(2)25)13(26)29-4-3-21-30(27,28)14(15,16)17/h5,21-22,24H,3-4H2,1-2H3,(H,23,25). The second kappa shape index (κ2) is 11.1. The Bertz CT molecular complexity index is 941. The van der Waals surface area contributed by atoms with Crippen molar-refractivity contribution < 1.29 is 41.0 Å². The molecule has 9 nitrogen and oxygen atoms in total. The van der Waals surface area contributed by atoms with Crippen molar-refractivity contribution >= 4 is 101 Å². The maximum Gasteiger partial charge on any atom is 0.511 e. The molecule has 1 aromatic carbocycles. The van der Waals surface area contributed by atoms with Crippen molar-refractivity contribution in [2.75, 3.05) is 23.8 Å². The van der Waals surface area contributed by atoms with Crippen LogP contribution in [0.25, 0.3) is 0 Å². The number of aliphatic hydroxyl groups excluding tert-OH is 1. The van der Waals surface area contributed by atoms with Crippen LogP contribution in [0.2, 0.25) is 0 Å². The molecular formula is C14H15F3I3N3O6S. The highest BCUT2D eigenvalue weighted by Gasteiger charge is 2.45. The number of rotatable bonds is 8. The first-order valence-corrected chi connectivity index (χ1v) is 12.5. The van der Waals surface area contributed by atoms with Gasteiger partial charge in [0, 0.05) is 13.5 Å². The van der Waals surface area contributed by atoms with Gasteiger partial charge in [0.15, 0.2) is 0 Å². The number of amides is 1. The molecule has 0 saturated heterocycles. The van der Waals surface area contributed by atoms with Gasteiger partial charge in [0.2, 0.25) is 5.91 Å². The summed E-state index contributed by atoms with van der Waals surface area (Å²) in [4.78, 5) is 24.1. The van der Waals surface area contributed by atoms with Gasteiger partial charge in [-0.25, -0.2) is 17.9 Å². The first-order chi connectivity index (χ1) is 13.6.